The fourth-order valence-electron chi connectivity index (χ4n) is 1.40. The van der Waals surface area contributed by atoms with Crippen molar-refractivity contribution >= 4 is 46.3 Å². The van der Waals surface area contributed by atoms with Crippen molar-refractivity contribution in [2.45, 2.75) is 0 Å². The SMILES string of the molecule is O=C1Nc2cc(Cl)cc(Cl)c2C(=O)/C1=N\O. The third kappa shape index (κ3) is 1.54. The van der Waals surface area contributed by atoms with Gasteiger partial charge in [-0.15, -0.1) is 0 Å². The fourth-order valence-corrected chi connectivity index (χ4v) is 1.98. The number of carbonyl (C=O) groups excluding carboxylic acids is 2. The van der Waals surface area contributed by atoms with Gasteiger partial charge in [0.1, 0.15) is 0 Å². The van der Waals surface area contributed by atoms with Gasteiger partial charge in [0.05, 0.1) is 16.3 Å². The van der Waals surface area contributed by atoms with Crippen molar-refractivity contribution in [1.29, 1.82) is 0 Å². The summed E-state index contributed by atoms with van der Waals surface area (Å²) in [4.78, 5) is 23.0. The molecule has 1 aromatic carbocycles. The van der Waals surface area contributed by atoms with Crippen molar-refractivity contribution in [3.63, 3.8) is 0 Å². The first kappa shape index (κ1) is 10.9. The molecular weight excluding hydrogens is 255 g/mol. The van der Waals surface area contributed by atoms with Gasteiger partial charge in [-0.25, -0.2) is 0 Å². The highest BCUT2D eigenvalue weighted by molar-refractivity contribution is 6.73. The summed E-state index contributed by atoms with van der Waals surface area (Å²) in [6, 6.07) is 2.76. The number of oxime groups is 1. The first-order valence-corrected chi connectivity index (χ1v) is 4.87. The van der Waals surface area contributed by atoms with E-state index in [1.165, 1.54) is 12.1 Å². The van der Waals surface area contributed by atoms with Crippen molar-refractivity contribution < 1.29 is 14.8 Å². The standard InChI is InChI=1S/C9H4Cl2N2O3/c10-3-1-4(11)6-5(2-3)12-9(15)7(13-16)8(6)14/h1-2,16H,(H,12,15)/b13-7+. The molecule has 16 heavy (non-hydrogen) atoms. The molecule has 0 atom stereocenters. The summed E-state index contributed by atoms with van der Waals surface area (Å²) in [6.07, 6.45) is 0. The minimum Gasteiger partial charge on any atom is -0.410 e. The van der Waals surface area contributed by atoms with Crippen LogP contribution < -0.4 is 5.32 Å². The van der Waals surface area contributed by atoms with E-state index >= 15 is 0 Å². The van der Waals surface area contributed by atoms with Gasteiger partial charge in [0.25, 0.3) is 5.91 Å². The topological polar surface area (TPSA) is 78.8 Å². The molecule has 0 bridgehead atoms. The maximum atomic E-state index is 11.7. The number of carbonyl (C=O) groups is 2. The second kappa shape index (κ2) is 3.77. The number of benzene rings is 1. The van der Waals surface area contributed by atoms with Crippen molar-refractivity contribution in [1.82, 2.24) is 0 Å². The van der Waals surface area contributed by atoms with Crippen molar-refractivity contribution in [2.75, 3.05) is 5.32 Å². The summed E-state index contributed by atoms with van der Waals surface area (Å²) in [5.74, 6) is -1.53. The number of amides is 1. The minimum atomic E-state index is -0.793. The van der Waals surface area contributed by atoms with Crippen LogP contribution >= 0.6 is 23.2 Å². The number of anilines is 1. The molecule has 1 heterocycles. The molecule has 0 spiro atoms. The summed E-state index contributed by atoms with van der Waals surface area (Å²) in [6.45, 7) is 0. The number of nitrogens with one attached hydrogen (secondary N) is 1. The zero-order valence-corrected chi connectivity index (χ0v) is 9.13. The lowest BCUT2D eigenvalue weighted by Crippen LogP contribution is -2.36. The van der Waals surface area contributed by atoms with Crippen LogP contribution in [0.3, 0.4) is 0 Å². The van der Waals surface area contributed by atoms with Gasteiger partial charge >= 0.3 is 0 Å². The van der Waals surface area contributed by atoms with Crippen LogP contribution in [-0.4, -0.2) is 22.6 Å². The van der Waals surface area contributed by atoms with Gasteiger partial charge in [-0.2, -0.15) is 0 Å². The Balaban J connectivity index is 2.69. The largest absolute Gasteiger partial charge is 0.410 e. The normalized spacial score (nSPS) is 17.2. The van der Waals surface area contributed by atoms with Crippen LogP contribution in [-0.2, 0) is 4.79 Å². The molecular formula is C9H4Cl2N2O3. The molecule has 1 aliphatic rings. The smallest absolute Gasteiger partial charge is 0.281 e. The monoisotopic (exact) mass is 258 g/mol. The summed E-state index contributed by atoms with van der Waals surface area (Å²) < 4.78 is 0. The number of hydrogen-bond acceptors (Lipinski definition) is 4. The molecule has 7 heteroatoms. The molecule has 82 valence electrons. The van der Waals surface area contributed by atoms with E-state index in [-0.39, 0.29) is 16.3 Å². The van der Waals surface area contributed by atoms with E-state index in [4.69, 9.17) is 28.4 Å². The highest BCUT2D eigenvalue weighted by Gasteiger charge is 2.32. The van der Waals surface area contributed by atoms with Crippen LogP contribution in [0.2, 0.25) is 10.0 Å². The third-order valence-corrected chi connectivity index (χ3v) is 2.58. The molecule has 0 saturated heterocycles. The van der Waals surface area contributed by atoms with E-state index in [0.29, 0.717) is 5.02 Å². The summed E-state index contributed by atoms with van der Waals surface area (Å²) >= 11 is 11.5. The maximum Gasteiger partial charge on any atom is 0.281 e. The Hall–Kier alpha value is -1.59. The molecule has 0 radical (unpaired) electrons. The van der Waals surface area contributed by atoms with Gasteiger partial charge in [0.15, 0.2) is 0 Å². The highest BCUT2D eigenvalue weighted by Crippen LogP contribution is 2.32. The van der Waals surface area contributed by atoms with Gasteiger partial charge < -0.3 is 10.5 Å². The predicted molar refractivity (Wildman–Crippen MR) is 58.6 cm³/mol. The van der Waals surface area contributed by atoms with Gasteiger partial charge in [-0.1, -0.05) is 28.4 Å². The van der Waals surface area contributed by atoms with E-state index < -0.39 is 17.4 Å². The Morgan fingerprint density at radius 3 is 2.56 bits per heavy atom. The van der Waals surface area contributed by atoms with E-state index in [9.17, 15) is 9.59 Å². The van der Waals surface area contributed by atoms with E-state index in [2.05, 4.69) is 10.5 Å². The Labute approximate surface area is 99.6 Å². The van der Waals surface area contributed by atoms with Crippen LogP contribution in [0.25, 0.3) is 0 Å². The van der Waals surface area contributed by atoms with Crippen LogP contribution in [0.5, 0.6) is 0 Å². The van der Waals surface area contributed by atoms with Crippen molar-refractivity contribution in [3.8, 4) is 0 Å². The summed E-state index contributed by atoms with van der Waals surface area (Å²) in [5, 5.41) is 13.9. The van der Waals surface area contributed by atoms with Gasteiger partial charge in [-0.3, -0.25) is 9.59 Å². The maximum absolute atomic E-state index is 11.7. The lowest BCUT2D eigenvalue weighted by atomic mass is 10.00. The minimum absolute atomic E-state index is 0.0680. The lowest BCUT2D eigenvalue weighted by Gasteiger charge is -2.17. The molecule has 0 unspecified atom stereocenters. The lowest BCUT2D eigenvalue weighted by molar-refractivity contribution is -0.110. The molecule has 5 nitrogen and oxygen atoms in total. The van der Waals surface area contributed by atoms with Gasteiger partial charge in [-0.05, 0) is 12.1 Å². The van der Waals surface area contributed by atoms with E-state index in [1.807, 2.05) is 0 Å². The first-order chi connectivity index (χ1) is 7.54. The fraction of sp³-hybridized carbons (Fsp3) is 0. The average molecular weight is 259 g/mol. The van der Waals surface area contributed by atoms with Crippen LogP contribution in [0.1, 0.15) is 10.4 Å². The predicted octanol–water partition coefficient (Wildman–Crippen LogP) is 1.96. The van der Waals surface area contributed by atoms with Crippen molar-refractivity contribution in [3.05, 3.63) is 27.7 Å². The Morgan fingerprint density at radius 2 is 1.94 bits per heavy atom. The number of fused-ring (bicyclic) bond motifs is 1. The number of hydrogen-bond donors (Lipinski definition) is 2. The Bertz CT molecular complexity index is 540. The third-order valence-electron chi connectivity index (χ3n) is 2.06. The molecule has 1 aliphatic heterocycles. The molecule has 2 N–H and O–H groups in total. The van der Waals surface area contributed by atoms with Gasteiger partial charge in [0.2, 0.25) is 11.5 Å². The number of rotatable bonds is 0. The Morgan fingerprint density at radius 1 is 1.25 bits per heavy atom. The molecule has 0 aromatic heterocycles. The van der Waals surface area contributed by atoms with Crippen molar-refractivity contribution in [2.24, 2.45) is 5.16 Å². The zero-order valence-electron chi connectivity index (χ0n) is 7.62. The Kier molecular flexibility index (Phi) is 2.57. The average Bonchev–Trinajstić information content (AvgIpc) is 2.15. The van der Waals surface area contributed by atoms with E-state index in [0.717, 1.165) is 0 Å². The molecule has 0 fully saturated rings. The van der Waals surface area contributed by atoms with Crippen LogP contribution in [0.15, 0.2) is 17.3 Å². The number of halogens is 2. The number of ketones is 1. The molecule has 0 saturated carbocycles. The summed E-state index contributed by atoms with van der Waals surface area (Å²) in [5.41, 5.74) is -0.324. The van der Waals surface area contributed by atoms with Crippen LogP contribution in [0, 0.1) is 0 Å². The molecule has 1 aromatic rings. The van der Waals surface area contributed by atoms with Crippen LogP contribution in [0.4, 0.5) is 5.69 Å². The molecule has 0 aliphatic carbocycles. The van der Waals surface area contributed by atoms with Gasteiger partial charge in [0, 0.05) is 5.02 Å². The zero-order chi connectivity index (χ0) is 11.9. The highest BCUT2D eigenvalue weighted by atomic mass is 35.5. The van der Waals surface area contributed by atoms with E-state index in [1.54, 1.807) is 0 Å². The second-order valence-corrected chi connectivity index (χ2v) is 3.89. The number of nitrogens with zero attached hydrogens (tertiary/aromatic N) is 1. The summed E-state index contributed by atoms with van der Waals surface area (Å²) in [7, 11) is 0. The first-order valence-electron chi connectivity index (χ1n) is 4.11. The molecule has 1 amide bonds. The quantitative estimate of drug-likeness (QED) is 0.552. The second-order valence-electron chi connectivity index (χ2n) is 3.04. The molecule has 2 rings (SSSR count). The number of Topliss-reactive ketones (excluding diaryl/α,β-unsaturated/α-hetero) is 1.